The number of benzene rings is 2. The van der Waals surface area contributed by atoms with Gasteiger partial charge in [-0.15, -0.1) is 10.2 Å². The Labute approximate surface area is 168 Å². The van der Waals surface area contributed by atoms with E-state index in [0.717, 1.165) is 29.7 Å². The number of para-hydroxylation sites is 1. The van der Waals surface area contributed by atoms with Gasteiger partial charge in [0, 0.05) is 11.7 Å². The number of hydrogen-bond acceptors (Lipinski definition) is 4. The number of anilines is 1. The topological polar surface area (TPSA) is 54.2 Å². The first kappa shape index (κ1) is 17.9. The van der Waals surface area contributed by atoms with Crippen molar-refractivity contribution in [2.24, 2.45) is 0 Å². The van der Waals surface area contributed by atoms with Crippen LogP contribution in [0.25, 0.3) is 11.5 Å². The summed E-state index contributed by atoms with van der Waals surface area (Å²) in [6, 6.07) is 15.9. The molecule has 0 atom stereocenters. The first-order valence-corrected chi connectivity index (χ1v) is 9.61. The van der Waals surface area contributed by atoms with Crippen LogP contribution >= 0.6 is 23.8 Å². The molecule has 5 nitrogen and oxygen atoms in total. The molecule has 1 saturated carbocycles. The Hall–Kier alpha value is -2.44. The van der Waals surface area contributed by atoms with Crippen molar-refractivity contribution in [3.63, 3.8) is 0 Å². The minimum absolute atomic E-state index is 0.407. The van der Waals surface area contributed by atoms with Gasteiger partial charge >= 0.3 is 0 Å². The quantitative estimate of drug-likeness (QED) is 0.606. The fourth-order valence-electron chi connectivity index (χ4n) is 2.86. The molecule has 1 aliphatic carbocycles. The monoisotopic (exact) mass is 398 g/mol. The molecule has 7 heteroatoms. The van der Waals surface area contributed by atoms with Crippen LogP contribution in [0.4, 0.5) is 5.69 Å². The molecular weight excluding hydrogens is 380 g/mol. The van der Waals surface area contributed by atoms with E-state index in [9.17, 15) is 0 Å². The van der Waals surface area contributed by atoms with Gasteiger partial charge in [0.15, 0.2) is 5.11 Å². The molecule has 0 saturated heterocycles. The van der Waals surface area contributed by atoms with E-state index in [1.807, 2.05) is 36.4 Å². The second kappa shape index (κ2) is 7.66. The van der Waals surface area contributed by atoms with Crippen LogP contribution in [0.5, 0.6) is 0 Å². The largest absolute Gasteiger partial charge is 0.419 e. The third kappa shape index (κ3) is 4.12. The van der Waals surface area contributed by atoms with E-state index >= 15 is 0 Å². The minimum atomic E-state index is 0.407. The molecule has 1 N–H and O–H groups in total. The summed E-state index contributed by atoms with van der Waals surface area (Å²) in [6.45, 7) is 2.53. The van der Waals surface area contributed by atoms with Crippen LogP contribution in [-0.2, 0) is 6.54 Å². The zero-order valence-corrected chi connectivity index (χ0v) is 16.4. The normalized spacial score (nSPS) is 13.4. The molecule has 1 aromatic heterocycles. The molecular formula is C20H19ClN4OS. The van der Waals surface area contributed by atoms with Crippen molar-refractivity contribution in [2.45, 2.75) is 32.4 Å². The molecule has 0 amide bonds. The van der Waals surface area contributed by atoms with Crippen LogP contribution in [-0.4, -0.2) is 26.3 Å². The first-order chi connectivity index (χ1) is 13.1. The van der Waals surface area contributed by atoms with Gasteiger partial charge in [-0.3, -0.25) is 0 Å². The van der Waals surface area contributed by atoms with Crippen molar-refractivity contribution in [2.75, 3.05) is 5.32 Å². The maximum Gasteiger partial charge on any atom is 0.249 e. The van der Waals surface area contributed by atoms with Crippen LogP contribution in [0.15, 0.2) is 52.9 Å². The number of aryl methyl sites for hydroxylation is 1. The van der Waals surface area contributed by atoms with Crippen LogP contribution in [0.1, 0.15) is 24.3 Å². The van der Waals surface area contributed by atoms with E-state index in [2.05, 4.69) is 33.4 Å². The number of nitrogens with zero attached hydrogens (tertiary/aromatic N) is 3. The summed E-state index contributed by atoms with van der Waals surface area (Å²) in [7, 11) is 0. The zero-order chi connectivity index (χ0) is 18.8. The second-order valence-electron chi connectivity index (χ2n) is 6.58. The molecule has 0 bridgehead atoms. The van der Waals surface area contributed by atoms with Crippen molar-refractivity contribution in [3.05, 3.63) is 65.0 Å². The van der Waals surface area contributed by atoms with E-state index in [4.69, 9.17) is 28.2 Å². The standard InChI is InChI=1S/C20H19ClN4OS/c1-13-6-2-5-9-17(13)22-20(27)25(14-10-11-14)12-18-23-24-19(26-18)15-7-3-4-8-16(15)21/h2-9,14H,10-12H2,1H3,(H,22,27). The minimum Gasteiger partial charge on any atom is -0.419 e. The maximum atomic E-state index is 6.22. The maximum absolute atomic E-state index is 6.22. The molecule has 0 unspecified atom stereocenters. The average molecular weight is 399 g/mol. The molecule has 1 heterocycles. The SMILES string of the molecule is Cc1ccccc1NC(=S)N(Cc1nnc(-c2ccccc2Cl)o1)C1CC1. The van der Waals surface area contributed by atoms with Crippen LogP contribution < -0.4 is 5.32 Å². The average Bonchev–Trinajstić information content (AvgIpc) is 3.40. The lowest BCUT2D eigenvalue weighted by molar-refractivity contribution is 0.351. The fraction of sp³-hybridized carbons (Fsp3) is 0.250. The number of aromatic nitrogens is 2. The fourth-order valence-corrected chi connectivity index (χ4v) is 3.40. The highest BCUT2D eigenvalue weighted by molar-refractivity contribution is 7.80. The van der Waals surface area contributed by atoms with E-state index in [1.165, 1.54) is 0 Å². The third-order valence-corrected chi connectivity index (χ3v) is 5.18. The Kier molecular flexibility index (Phi) is 5.09. The molecule has 27 heavy (non-hydrogen) atoms. The van der Waals surface area contributed by atoms with Crippen LogP contribution in [0, 0.1) is 6.92 Å². The molecule has 2 aromatic carbocycles. The summed E-state index contributed by atoms with van der Waals surface area (Å²) >= 11 is 11.9. The number of thiocarbonyl (C=S) groups is 1. The first-order valence-electron chi connectivity index (χ1n) is 8.82. The molecule has 0 radical (unpaired) electrons. The Morgan fingerprint density at radius 3 is 2.67 bits per heavy atom. The second-order valence-corrected chi connectivity index (χ2v) is 7.38. The smallest absolute Gasteiger partial charge is 0.249 e. The van der Waals surface area contributed by atoms with E-state index < -0.39 is 0 Å². The van der Waals surface area contributed by atoms with Gasteiger partial charge in [0.1, 0.15) is 0 Å². The van der Waals surface area contributed by atoms with Gasteiger partial charge in [0.05, 0.1) is 17.1 Å². The van der Waals surface area contributed by atoms with E-state index in [1.54, 1.807) is 6.07 Å². The van der Waals surface area contributed by atoms with Gasteiger partial charge in [-0.05, 0) is 55.7 Å². The summed E-state index contributed by atoms with van der Waals surface area (Å²) in [5, 5.41) is 12.9. The Bertz CT molecular complexity index is 970. The number of hydrogen-bond donors (Lipinski definition) is 1. The summed E-state index contributed by atoms with van der Waals surface area (Å²) in [6.07, 6.45) is 2.22. The lowest BCUT2D eigenvalue weighted by Gasteiger charge is -2.24. The number of halogens is 1. The Morgan fingerprint density at radius 2 is 1.93 bits per heavy atom. The lowest BCUT2D eigenvalue weighted by atomic mass is 10.2. The van der Waals surface area contributed by atoms with Crippen molar-refractivity contribution >= 4 is 34.6 Å². The Morgan fingerprint density at radius 1 is 1.19 bits per heavy atom. The zero-order valence-electron chi connectivity index (χ0n) is 14.9. The highest BCUT2D eigenvalue weighted by Gasteiger charge is 2.32. The number of rotatable bonds is 5. The van der Waals surface area contributed by atoms with Crippen LogP contribution in [0.3, 0.4) is 0 Å². The van der Waals surface area contributed by atoms with Gasteiger partial charge in [-0.1, -0.05) is 41.9 Å². The summed E-state index contributed by atoms with van der Waals surface area (Å²) < 4.78 is 5.85. The van der Waals surface area contributed by atoms with Gasteiger partial charge < -0.3 is 14.6 Å². The molecule has 0 aliphatic heterocycles. The van der Waals surface area contributed by atoms with E-state index in [0.29, 0.717) is 34.5 Å². The molecule has 1 aliphatic rings. The lowest BCUT2D eigenvalue weighted by Crippen LogP contribution is -2.36. The summed E-state index contributed by atoms with van der Waals surface area (Å²) in [4.78, 5) is 2.12. The van der Waals surface area contributed by atoms with Crippen molar-refractivity contribution in [1.29, 1.82) is 0 Å². The van der Waals surface area contributed by atoms with Gasteiger partial charge in [-0.25, -0.2) is 0 Å². The molecule has 3 aromatic rings. The van der Waals surface area contributed by atoms with Gasteiger partial charge in [0.25, 0.3) is 0 Å². The molecule has 1 fully saturated rings. The van der Waals surface area contributed by atoms with Crippen molar-refractivity contribution in [1.82, 2.24) is 15.1 Å². The predicted octanol–water partition coefficient (Wildman–Crippen LogP) is 5.06. The van der Waals surface area contributed by atoms with E-state index in [-0.39, 0.29) is 0 Å². The van der Waals surface area contributed by atoms with Gasteiger partial charge in [0.2, 0.25) is 11.8 Å². The highest BCUT2D eigenvalue weighted by atomic mass is 35.5. The van der Waals surface area contributed by atoms with Gasteiger partial charge in [-0.2, -0.15) is 0 Å². The summed E-state index contributed by atoms with van der Waals surface area (Å²) in [5.74, 6) is 0.940. The Balaban J connectivity index is 1.50. The third-order valence-electron chi connectivity index (χ3n) is 4.51. The molecule has 4 rings (SSSR count). The van der Waals surface area contributed by atoms with Crippen molar-refractivity contribution < 1.29 is 4.42 Å². The van der Waals surface area contributed by atoms with Crippen LogP contribution in [0.2, 0.25) is 5.02 Å². The number of nitrogens with one attached hydrogen (secondary N) is 1. The highest BCUT2D eigenvalue weighted by Crippen LogP contribution is 2.31. The predicted molar refractivity (Wildman–Crippen MR) is 111 cm³/mol. The molecule has 0 spiro atoms. The van der Waals surface area contributed by atoms with Crippen molar-refractivity contribution in [3.8, 4) is 11.5 Å². The molecule has 138 valence electrons. The summed E-state index contributed by atoms with van der Waals surface area (Å²) in [5.41, 5.74) is 2.89.